The van der Waals surface area contributed by atoms with Crippen molar-refractivity contribution in [2.75, 3.05) is 0 Å². The van der Waals surface area contributed by atoms with Gasteiger partial charge in [-0.15, -0.1) is 0 Å². The van der Waals surface area contributed by atoms with Gasteiger partial charge in [0.25, 0.3) is 0 Å². The predicted octanol–water partition coefficient (Wildman–Crippen LogP) is 6.37. The summed E-state index contributed by atoms with van der Waals surface area (Å²) >= 11 is 0. The molecule has 4 nitrogen and oxygen atoms in total. The normalized spacial score (nSPS) is 42.5. The number of esters is 1. The van der Waals surface area contributed by atoms with Gasteiger partial charge in [-0.25, -0.2) is 0 Å². The SMILES string of the molecule is C[C@]12CC/C(=N/OCc3ccccc3)C=C1C=C[C@@H]1[C@@H]2CC[C@@]2(C)[C@H]1CC[C@@]21CCC(=O)O1. The molecule has 0 unspecified atom stereocenters. The summed E-state index contributed by atoms with van der Waals surface area (Å²) in [6.07, 6.45) is 15.4. The van der Waals surface area contributed by atoms with E-state index in [9.17, 15) is 4.79 Å². The molecule has 0 amide bonds. The van der Waals surface area contributed by atoms with Gasteiger partial charge in [-0.3, -0.25) is 4.79 Å². The number of carbonyl (C=O) groups is 1. The third-order valence-electron chi connectivity index (χ3n) is 10.1. The van der Waals surface area contributed by atoms with Crippen LogP contribution in [0.15, 0.2) is 59.3 Å². The second-order valence-electron chi connectivity index (χ2n) is 11.5. The quantitative estimate of drug-likeness (QED) is 0.401. The standard InChI is InChI=1S/C29H35NO3/c1-27-14-10-22(30-32-19-20-6-4-3-5-7-20)18-21(27)8-9-23-24(27)11-15-28(2)25(23)12-16-29(28)17-13-26(31)33-29/h3-9,18,23-25H,10-17,19H2,1-2H3/b30-22-/t23-,24+,25+,27+,28+,29-/m1/s1. The highest BCUT2D eigenvalue weighted by Gasteiger charge is 2.66. The fourth-order valence-corrected chi connectivity index (χ4v) is 8.14. The molecule has 3 fully saturated rings. The Morgan fingerprint density at radius 1 is 1.03 bits per heavy atom. The summed E-state index contributed by atoms with van der Waals surface area (Å²) in [7, 11) is 0. The van der Waals surface area contributed by atoms with Gasteiger partial charge >= 0.3 is 5.97 Å². The number of nitrogens with zero attached hydrogens (tertiary/aromatic N) is 1. The van der Waals surface area contributed by atoms with Crippen LogP contribution < -0.4 is 0 Å². The number of hydrogen-bond donors (Lipinski definition) is 0. The monoisotopic (exact) mass is 445 g/mol. The highest BCUT2D eigenvalue weighted by Crippen LogP contribution is 2.68. The average Bonchev–Trinajstić information content (AvgIpc) is 3.34. The molecule has 6 rings (SSSR count). The minimum absolute atomic E-state index is 0.0175. The highest BCUT2D eigenvalue weighted by molar-refractivity contribution is 5.96. The molecule has 1 spiro atoms. The second kappa shape index (κ2) is 7.58. The molecule has 1 aliphatic heterocycles. The fraction of sp³-hybridized carbons (Fsp3) is 0.586. The van der Waals surface area contributed by atoms with Gasteiger partial charge in [0.15, 0.2) is 0 Å². The summed E-state index contributed by atoms with van der Waals surface area (Å²) in [5.41, 5.74) is 3.73. The minimum Gasteiger partial charge on any atom is -0.458 e. The maximum absolute atomic E-state index is 12.1. The van der Waals surface area contributed by atoms with E-state index in [0.29, 0.717) is 30.8 Å². The van der Waals surface area contributed by atoms with Gasteiger partial charge in [-0.2, -0.15) is 0 Å². The summed E-state index contributed by atoms with van der Waals surface area (Å²) in [5, 5.41) is 4.48. The largest absolute Gasteiger partial charge is 0.458 e. The van der Waals surface area contributed by atoms with Crippen molar-refractivity contribution in [2.24, 2.45) is 33.7 Å². The topological polar surface area (TPSA) is 47.9 Å². The lowest BCUT2D eigenvalue weighted by atomic mass is 9.48. The Kier molecular flexibility index (Phi) is 4.87. The van der Waals surface area contributed by atoms with Crippen LogP contribution in [0.3, 0.4) is 0 Å². The molecule has 0 bridgehead atoms. The zero-order valence-electron chi connectivity index (χ0n) is 19.9. The first kappa shape index (κ1) is 21.2. The van der Waals surface area contributed by atoms with E-state index in [0.717, 1.165) is 37.0 Å². The summed E-state index contributed by atoms with van der Waals surface area (Å²) in [4.78, 5) is 17.8. The molecule has 0 aromatic heterocycles. The van der Waals surface area contributed by atoms with E-state index in [4.69, 9.17) is 9.57 Å². The van der Waals surface area contributed by atoms with Gasteiger partial charge in [0.1, 0.15) is 12.2 Å². The predicted molar refractivity (Wildman–Crippen MR) is 128 cm³/mol. The van der Waals surface area contributed by atoms with E-state index in [1.807, 2.05) is 18.2 Å². The molecule has 0 radical (unpaired) electrons. The van der Waals surface area contributed by atoms with Crippen molar-refractivity contribution in [1.29, 1.82) is 0 Å². The lowest BCUT2D eigenvalue weighted by Gasteiger charge is -2.57. The Morgan fingerprint density at radius 2 is 1.85 bits per heavy atom. The van der Waals surface area contributed by atoms with Gasteiger partial charge in [0.2, 0.25) is 0 Å². The van der Waals surface area contributed by atoms with Crippen molar-refractivity contribution in [3.05, 3.63) is 59.7 Å². The van der Waals surface area contributed by atoms with Crippen LogP contribution in [0, 0.1) is 28.6 Å². The number of hydrogen-bond acceptors (Lipinski definition) is 4. The molecule has 6 atom stereocenters. The maximum Gasteiger partial charge on any atom is 0.306 e. The zero-order chi connectivity index (χ0) is 22.7. The van der Waals surface area contributed by atoms with E-state index in [-0.39, 0.29) is 22.4 Å². The molecule has 4 aliphatic carbocycles. The second-order valence-corrected chi connectivity index (χ2v) is 11.5. The van der Waals surface area contributed by atoms with Gasteiger partial charge < -0.3 is 9.57 Å². The lowest BCUT2D eigenvalue weighted by molar-refractivity contribution is -0.165. The number of allylic oxidation sites excluding steroid dienone is 4. The Balaban J connectivity index is 1.23. The van der Waals surface area contributed by atoms with Crippen molar-refractivity contribution in [2.45, 2.75) is 77.4 Å². The van der Waals surface area contributed by atoms with Crippen molar-refractivity contribution in [1.82, 2.24) is 0 Å². The maximum atomic E-state index is 12.1. The van der Waals surface area contributed by atoms with Crippen molar-refractivity contribution >= 4 is 11.7 Å². The molecule has 4 heteroatoms. The van der Waals surface area contributed by atoms with E-state index in [1.54, 1.807) is 0 Å². The number of fused-ring (bicyclic) bond motifs is 6. The van der Waals surface area contributed by atoms with Crippen LogP contribution in [0.4, 0.5) is 0 Å². The first-order chi connectivity index (χ1) is 15.9. The van der Waals surface area contributed by atoms with E-state index < -0.39 is 0 Å². The molecule has 0 N–H and O–H groups in total. The van der Waals surface area contributed by atoms with Crippen LogP contribution >= 0.6 is 0 Å². The lowest BCUT2D eigenvalue weighted by Crippen LogP contribution is -2.53. The van der Waals surface area contributed by atoms with Gasteiger partial charge in [-0.05, 0) is 85.3 Å². The molecule has 174 valence electrons. The zero-order valence-corrected chi connectivity index (χ0v) is 19.9. The Hall–Kier alpha value is -2.36. The molecule has 1 aromatic carbocycles. The summed E-state index contributed by atoms with van der Waals surface area (Å²) < 4.78 is 6.07. The number of benzene rings is 1. The average molecular weight is 446 g/mol. The minimum atomic E-state index is -0.201. The van der Waals surface area contributed by atoms with Crippen molar-refractivity contribution in [3.8, 4) is 0 Å². The molecule has 5 aliphatic rings. The third kappa shape index (κ3) is 3.16. The molecule has 1 aromatic rings. The first-order valence-electron chi connectivity index (χ1n) is 12.8. The van der Waals surface area contributed by atoms with Crippen molar-refractivity contribution in [3.63, 3.8) is 0 Å². The van der Waals surface area contributed by atoms with Gasteiger partial charge in [-0.1, -0.05) is 61.5 Å². The Morgan fingerprint density at radius 3 is 2.64 bits per heavy atom. The van der Waals surface area contributed by atoms with Gasteiger partial charge in [0.05, 0.1) is 5.71 Å². The Bertz CT molecular complexity index is 1040. The van der Waals surface area contributed by atoms with Crippen LogP contribution in [-0.4, -0.2) is 17.3 Å². The first-order valence-corrected chi connectivity index (χ1v) is 12.8. The summed E-state index contributed by atoms with van der Waals surface area (Å²) in [6, 6.07) is 10.2. The molecule has 1 saturated heterocycles. The molecule has 2 saturated carbocycles. The Labute approximate surface area is 197 Å². The third-order valence-corrected chi connectivity index (χ3v) is 10.1. The van der Waals surface area contributed by atoms with Crippen LogP contribution in [0.2, 0.25) is 0 Å². The van der Waals surface area contributed by atoms with E-state index >= 15 is 0 Å². The number of rotatable bonds is 3. The van der Waals surface area contributed by atoms with E-state index in [2.05, 4.69) is 49.4 Å². The molecule has 33 heavy (non-hydrogen) atoms. The molecular formula is C29H35NO3. The summed E-state index contributed by atoms with van der Waals surface area (Å²) in [6.45, 7) is 5.42. The fourth-order valence-electron chi connectivity index (χ4n) is 8.14. The van der Waals surface area contributed by atoms with Crippen LogP contribution in [0.5, 0.6) is 0 Å². The number of ether oxygens (including phenoxy) is 1. The number of oxime groups is 1. The smallest absolute Gasteiger partial charge is 0.306 e. The summed E-state index contributed by atoms with van der Waals surface area (Å²) in [5.74, 6) is 1.87. The molecule has 1 heterocycles. The highest BCUT2D eigenvalue weighted by atomic mass is 16.6. The van der Waals surface area contributed by atoms with E-state index in [1.165, 1.54) is 24.8 Å². The van der Waals surface area contributed by atoms with Crippen LogP contribution in [-0.2, 0) is 21.0 Å². The van der Waals surface area contributed by atoms with Crippen LogP contribution in [0.1, 0.15) is 70.8 Å². The van der Waals surface area contributed by atoms with Gasteiger partial charge in [0, 0.05) is 11.8 Å². The van der Waals surface area contributed by atoms with Crippen molar-refractivity contribution < 1.29 is 14.4 Å². The molecular weight excluding hydrogens is 410 g/mol. The van der Waals surface area contributed by atoms with Crippen LogP contribution in [0.25, 0.3) is 0 Å². The number of carbonyl (C=O) groups excluding carboxylic acids is 1.